The predicted octanol–water partition coefficient (Wildman–Crippen LogP) is 22.0. The van der Waals surface area contributed by atoms with Gasteiger partial charge in [-0.3, -0.25) is 0 Å². The molecule has 0 saturated heterocycles. The highest BCUT2D eigenvalue weighted by atomic mass is 32.2. The highest BCUT2D eigenvalue weighted by Crippen LogP contribution is 2.49. The van der Waals surface area contributed by atoms with Gasteiger partial charge in [0.2, 0.25) is 22.8 Å². The number of aryl methyl sites for hydroxylation is 8. The Labute approximate surface area is 581 Å². The summed E-state index contributed by atoms with van der Waals surface area (Å²) in [7, 11) is 8.35. The van der Waals surface area contributed by atoms with Gasteiger partial charge >= 0.3 is 0 Å². The Morgan fingerprint density at radius 3 is 1.52 bits per heavy atom. The molecule has 0 bridgehead atoms. The second-order valence-corrected chi connectivity index (χ2v) is 30.5. The van der Waals surface area contributed by atoms with Crippen molar-refractivity contribution < 1.29 is 26.8 Å². The van der Waals surface area contributed by atoms with Crippen molar-refractivity contribution in [2.45, 2.75) is 67.7 Å². The average molecular weight is 1360 g/mol. The van der Waals surface area contributed by atoms with Crippen LogP contribution in [0.2, 0.25) is 0 Å². The predicted molar refractivity (Wildman–Crippen MR) is 411 cm³/mol. The molecule has 0 saturated carbocycles. The smallest absolute Gasteiger partial charge is 0.230 e. The molecule has 2 atom stereocenters. The number of aromatic nitrogens is 4. The Hall–Kier alpha value is -10.4. The fourth-order valence-corrected chi connectivity index (χ4v) is 19.4. The Morgan fingerprint density at radius 2 is 0.898 bits per heavy atom. The molecule has 0 spiro atoms. The molecule has 0 unspecified atom stereocenters. The molecule has 6 aromatic carbocycles. The van der Waals surface area contributed by atoms with Crippen molar-refractivity contribution >= 4 is 182 Å². The molecule has 0 aliphatic carbocycles. The molecular formula is C82H70N8O4S4+2. The first kappa shape index (κ1) is 61.2. The van der Waals surface area contributed by atoms with Crippen LogP contribution in [0, 0.1) is 41.5 Å². The van der Waals surface area contributed by atoms with E-state index < -0.39 is 0 Å². The molecule has 2 aliphatic rings. The molecule has 20 rings (SSSR count). The van der Waals surface area contributed by atoms with E-state index in [1.54, 1.807) is 0 Å². The molecule has 16 heteroatoms. The maximum Gasteiger partial charge on any atom is 0.230 e. The molecule has 2 aliphatic heterocycles. The second kappa shape index (κ2) is 23.7. The number of fused-ring (bicyclic) bond motifs is 20. The summed E-state index contributed by atoms with van der Waals surface area (Å²) in [4.78, 5) is 18.1. The first-order valence-electron chi connectivity index (χ1n) is 32.9. The maximum atomic E-state index is 6.32. The minimum Gasteiger partial charge on any atom is -0.452 e. The minimum absolute atomic E-state index is 0.364. The second-order valence-electron chi connectivity index (χ2n) is 26.0. The zero-order valence-corrected chi connectivity index (χ0v) is 59.7. The van der Waals surface area contributed by atoms with Gasteiger partial charge in [-0.2, -0.15) is 0 Å². The van der Waals surface area contributed by atoms with E-state index in [4.69, 9.17) is 17.7 Å². The topological polar surface area (TPSA) is 99.1 Å². The van der Waals surface area contributed by atoms with E-state index in [0.717, 1.165) is 88.9 Å². The minimum atomic E-state index is 0.364. The van der Waals surface area contributed by atoms with Crippen molar-refractivity contribution in [1.29, 1.82) is 0 Å². The SMILES string of the molecule is Cc1cc2c(cc1N1C=CN(C)[C@@H]1C)sc1c3ccccc3sc21.Cc1cc2c(cc1N1C=CN(C)[C@@H]1C)sc1sc3ccccc3c12.Cc1ccc2c(n1)oc1c3cc(C)c(-c4cccc[n+]4C)cc3oc21.Cc1ccc2c(n1)oc1c3ccc(C)c(-c4cccc[n+]4C)c3oc21. The lowest BCUT2D eigenvalue weighted by atomic mass is 10.0. The molecule has 0 radical (unpaired) electrons. The summed E-state index contributed by atoms with van der Waals surface area (Å²) in [5.41, 5.74) is 20.1. The molecular weight excluding hydrogens is 1290 g/mol. The van der Waals surface area contributed by atoms with Gasteiger partial charge in [0.15, 0.2) is 40.3 Å². The van der Waals surface area contributed by atoms with Crippen molar-refractivity contribution in [3.8, 4) is 22.5 Å². The molecule has 12 nitrogen and oxygen atoms in total. The number of hydrogen-bond donors (Lipinski definition) is 0. The quantitative estimate of drug-likeness (QED) is 0.158. The molecule has 12 aromatic heterocycles. The van der Waals surface area contributed by atoms with E-state index in [-0.39, 0.29) is 0 Å². The summed E-state index contributed by atoms with van der Waals surface area (Å²) < 4.78 is 38.6. The summed E-state index contributed by atoms with van der Waals surface area (Å²) in [6, 6.07) is 55.8. The molecule has 0 amide bonds. The van der Waals surface area contributed by atoms with Crippen LogP contribution >= 0.6 is 45.3 Å². The summed E-state index contributed by atoms with van der Waals surface area (Å²) in [5.74, 6) is 0. The van der Waals surface area contributed by atoms with Crippen LogP contribution in [-0.2, 0) is 14.1 Å². The zero-order chi connectivity index (χ0) is 67.1. The fourth-order valence-electron chi connectivity index (χ4n) is 14.1. The number of rotatable bonds is 4. The van der Waals surface area contributed by atoms with Gasteiger partial charge in [-0.05, 0) is 169 Å². The highest BCUT2D eigenvalue weighted by molar-refractivity contribution is 7.44. The van der Waals surface area contributed by atoms with Crippen LogP contribution in [0.25, 0.3) is 148 Å². The van der Waals surface area contributed by atoms with Crippen molar-refractivity contribution in [3.05, 3.63) is 229 Å². The van der Waals surface area contributed by atoms with Crippen LogP contribution < -0.4 is 18.9 Å². The monoisotopic (exact) mass is 1360 g/mol. The third-order valence-corrected chi connectivity index (χ3v) is 24.6. The number of anilines is 2. The average Bonchev–Trinajstić information content (AvgIpc) is 1.60. The van der Waals surface area contributed by atoms with E-state index >= 15 is 0 Å². The summed E-state index contributed by atoms with van der Waals surface area (Å²) in [6.45, 7) is 17.1. The van der Waals surface area contributed by atoms with Crippen LogP contribution in [0.5, 0.6) is 0 Å². The maximum absolute atomic E-state index is 6.32. The number of nitrogens with zero attached hydrogens (tertiary/aromatic N) is 8. The first-order chi connectivity index (χ1) is 47.5. The van der Waals surface area contributed by atoms with Crippen LogP contribution in [0.3, 0.4) is 0 Å². The van der Waals surface area contributed by atoms with E-state index in [1.807, 2.05) is 115 Å². The fraction of sp³-hybridized carbons (Fsp3) is 0.171. The number of thiophene rings is 4. The molecule has 98 heavy (non-hydrogen) atoms. The molecule has 0 fully saturated rings. The summed E-state index contributed by atoms with van der Waals surface area (Å²) in [6.07, 6.45) is 13.5. The van der Waals surface area contributed by atoms with Gasteiger partial charge in [0.1, 0.15) is 32.0 Å². The standard InChI is InChI=1S/2C21H17N2O2.2C20H18N2S2/c1-12-7-9-14-18(17(12)16-6-4-5-11-23(16)3)24-20-15-10-8-13(2)22-21(15)25-19(14)20;1-12-10-16-18(11-15(12)17-6-4-5-9-23(17)3)24-19-14-8-7-13(2)22-21(14)25-20(16)19;1-12-10-15-18(11-16(12)22-9-8-21(3)13(22)2)24-19-14-6-4-5-7-17(14)23-20(15)19;1-12-10-15-18(11-16(12)22-9-8-21(3)13(22)2)24-20-19(15)14-6-4-5-7-17(14)23-20/h2*4-11H,1-3H3;2*4-11,13H,1-3H3/q2*+1;;/t;;2*13-/m..00/s1. The van der Waals surface area contributed by atoms with Crippen molar-refractivity contribution in [2.75, 3.05) is 23.9 Å². The summed E-state index contributed by atoms with van der Waals surface area (Å²) in [5, 5.41) is 10.8. The van der Waals surface area contributed by atoms with E-state index in [0.29, 0.717) is 23.8 Å². The van der Waals surface area contributed by atoms with Crippen LogP contribution in [0.4, 0.5) is 11.4 Å². The van der Waals surface area contributed by atoms with Gasteiger partial charge in [0.05, 0.1) is 46.1 Å². The Kier molecular flexibility index (Phi) is 14.8. The largest absolute Gasteiger partial charge is 0.452 e. The van der Waals surface area contributed by atoms with Crippen LogP contribution in [-0.4, -0.2) is 46.2 Å². The first-order valence-corrected chi connectivity index (χ1v) is 36.2. The molecule has 14 heterocycles. The third-order valence-electron chi connectivity index (χ3n) is 19.6. The number of furan rings is 4. The van der Waals surface area contributed by atoms with Gasteiger partial charge in [-0.25, -0.2) is 19.1 Å². The lowest BCUT2D eigenvalue weighted by Crippen LogP contribution is -2.33. The van der Waals surface area contributed by atoms with Crippen LogP contribution in [0.1, 0.15) is 47.5 Å². The lowest BCUT2D eigenvalue weighted by Gasteiger charge is -2.28. The summed E-state index contributed by atoms with van der Waals surface area (Å²) >= 11 is 7.69. The van der Waals surface area contributed by atoms with E-state index in [2.05, 4.69) is 248 Å². The molecule has 484 valence electrons. The lowest BCUT2D eigenvalue weighted by molar-refractivity contribution is -0.660. The number of pyridine rings is 4. The highest BCUT2D eigenvalue weighted by Gasteiger charge is 2.28. The van der Waals surface area contributed by atoms with Crippen molar-refractivity contribution in [2.24, 2.45) is 14.1 Å². The van der Waals surface area contributed by atoms with Gasteiger partial charge in [0, 0.05) is 132 Å². The van der Waals surface area contributed by atoms with E-state index in [9.17, 15) is 0 Å². The van der Waals surface area contributed by atoms with Gasteiger partial charge in [-0.1, -0.05) is 42.5 Å². The van der Waals surface area contributed by atoms with Gasteiger partial charge < -0.3 is 37.3 Å². The zero-order valence-electron chi connectivity index (χ0n) is 56.5. The molecule has 18 aromatic rings. The van der Waals surface area contributed by atoms with Crippen molar-refractivity contribution in [3.63, 3.8) is 0 Å². The Bertz CT molecular complexity index is 6280. The van der Waals surface area contributed by atoms with Gasteiger partial charge in [0.25, 0.3) is 0 Å². The van der Waals surface area contributed by atoms with Gasteiger partial charge in [-0.15, -0.1) is 45.3 Å². The van der Waals surface area contributed by atoms with Crippen LogP contribution in [0.15, 0.2) is 213 Å². The number of benzene rings is 6. The normalized spacial score (nSPS) is 14.8. The Balaban J connectivity index is 0.0000000982. The third kappa shape index (κ3) is 10.1. The molecule has 0 N–H and O–H groups in total. The number of hydrogen-bond acceptors (Lipinski definition) is 14. The van der Waals surface area contributed by atoms with E-state index in [1.165, 1.54) is 92.8 Å². The Morgan fingerprint density at radius 1 is 0.398 bits per heavy atom. The van der Waals surface area contributed by atoms with Crippen molar-refractivity contribution in [1.82, 2.24) is 19.8 Å².